The van der Waals surface area contributed by atoms with Crippen LogP contribution in [0.1, 0.15) is 149 Å². The Bertz CT molecular complexity index is 533. The maximum absolute atomic E-state index is 11.6. The average Bonchev–Trinajstić information content (AvgIpc) is 3.44. The van der Waals surface area contributed by atoms with Gasteiger partial charge in [0, 0.05) is 31.8 Å². The summed E-state index contributed by atoms with van der Waals surface area (Å²) in [6.07, 6.45) is 27.0. The largest absolute Gasteiger partial charge is 0.381 e. The first-order valence-corrected chi connectivity index (χ1v) is 17.9. The summed E-state index contributed by atoms with van der Waals surface area (Å²) in [6, 6.07) is 0. The molecule has 0 aromatic rings. The molecule has 0 saturated carbocycles. The first-order valence-electron chi connectivity index (χ1n) is 16.8. The number of unbranched alkanes of at least 4 members (excludes halogenated alkanes) is 16. The zero-order valence-electron chi connectivity index (χ0n) is 25.9. The quantitative estimate of drug-likeness (QED) is 0.0684. The van der Waals surface area contributed by atoms with Gasteiger partial charge in [-0.15, -0.1) is 0 Å². The summed E-state index contributed by atoms with van der Waals surface area (Å²) in [5.74, 6) is 0.102. The van der Waals surface area contributed by atoms with Crippen LogP contribution in [0.3, 0.4) is 0 Å². The third-order valence-corrected chi connectivity index (χ3v) is 8.70. The molecule has 1 heterocycles. The minimum atomic E-state index is -1.88. The van der Waals surface area contributed by atoms with E-state index >= 15 is 0 Å². The molecule has 2 N–H and O–H groups in total. The Morgan fingerprint density at radius 1 is 0.718 bits per heavy atom. The molecule has 0 spiro atoms. The highest BCUT2D eigenvalue weighted by Gasteiger charge is 2.17. The van der Waals surface area contributed by atoms with Crippen LogP contribution >= 0.6 is 8.60 Å². The van der Waals surface area contributed by atoms with Gasteiger partial charge in [-0.1, -0.05) is 103 Å². The number of nitrogens with one attached hydrogen (secondary N) is 1. The zero-order valence-corrected chi connectivity index (χ0v) is 26.8. The van der Waals surface area contributed by atoms with Gasteiger partial charge >= 0.3 is 8.60 Å². The molecule has 1 fully saturated rings. The lowest BCUT2D eigenvalue weighted by Crippen LogP contribution is -3.09. The molecule has 0 radical (unpaired) electrons. The molecule has 1 aliphatic heterocycles. The molecule has 39 heavy (non-hydrogen) atoms. The number of carbonyl (C=O) groups is 1. The number of ether oxygens (including phenoxy) is 1. The van der Waals surface area contributed by atoms with Gasteiger partial charge in [-0.25, -0.2) is 0 Å². The molecule has 0 aromatic carbocycles. The van der Waals surface area contributed by atoms with Crippen molar-refractivity contribution >= 4 is 14.4 Å². The summed E-state index contributed by atoms with van der Waals surface area (Å²) in [4.78, 5) is 23.4. The van der Waals surface area contributed by atoms with Crippen molar-refractivity contribution in [3.8, 4) is 0 Å². The zero-order chi connectivity index (χ0) is 28.2. The van der Waals surface area contributed by atoms with Crippen LogP contribution in [-0.2, 0) is 18.6 Å². The second kappa shape index (κ2) is 28.0. The molecular weight excluding hydrogens is 509 g/mol. The van der Waals surface area contributed by atoms with Gasteiger partial charge in [0.1, 0.15) is 5.78 Å². The van der Waals surface area contributed by atoms with Gasteiger partial charge in [0.15, 0.2) is 0 Å². The number of hydrogen-bond donors (Lipinski definition) is 2. The average molecular weight is 575 g/mol. The number of rotatable bonds is 30. The van der Waals surface area contributed by atoms with E-state index < -0.39 is 8.60 Å². The highest BCUT2D eigenvalue weighted by Crippen LogP contribution is 2.34. The van der Waals surface area contributed by atoms with Gasteiger partial charge in [0.25, 0.3) is 0 Å². The number of ketones is 1. The van der Waals surface area contributed by atoms with Crippen LogP contribution in [-0.4, -0.2) is 56.7 Å². The van der Waals surface area contributed by atoms with Crippen molar-refractivity contribution in [2.75, 3.05) is 46.1 Å². The Morgan fingerprint density at radius 3 is 1.77 bits per heavy atom. The van der Waals surface area contributed by atoms with E-state index in [-0.39, 0.29) is 11.7 Å². The van der Waals surface area contributed by atoms with Crippen LogP contribution in [0.25, 0.3) is 0 Å². The highest BCUT2D eigenvalue weighted by molar-refractivity contribution is 7.40. The number of hydrogen-bond acceptors (Lipinski definition) is 5. The Labute approximate surface area is 243 Å². The number of likely N-dealkylation sites (tertiary alicyclic amines) is 1. The molecule has 0 amide bonds. The van der Waals surface area contributed by atoms with Gasteiger partial charge in [0.2, 0.25) is 0 Å². The maximum Gasteiger partial charge on any atom is 0.329 e. The van der Waals surface area contributed by atoms with Crippen LogP contribution in [0.5, 0.6) is 0 Å². The molecule has 1 aliphatic rings. The van der Waals surface area contributed by atoms with Crippen molar-refractivity contribution in [3.05, 3.63) is 0 Å². The molecular formula is C32H65NO5P+. The van der Waals surface area contributed by atoms with Crippen LogP contribution in [0.4, 0.5) is 0 Å². The molecule has 0 aliphatic carbocycles. The van der Waals surface area contributed by atoms with Crippen LogP contribution in [0, 0.1) is 5.92 Å². The van der Waals surface area contributed by atoms with Crippen molar-refractivity contribution in [2.45, 2.75) is 149 Å². The standard InChI is InChI=1S/C32H64NO5P/c1-3-4-5-6-7-8-9-10-11-12-13-14-15-16-17-21-26-36-29-32(28-31(2)34)30-38-39(35)37-27-22-20-25-33-23-18-19-24-33/h32,35H,3-30H2,1-2H3/p+1. The lowest BCUT2D eigenvalue weighted by Gasteiger charge is -2.18. The molecule has 6 nitrogen and oxygen atoms in total. The van der Waals surface area contributed by atoms with Crippen molar-refractivity contribution < 1.29 is 28.4 Å². The van der Waals surface area contributed by atoms with Crippen molar-refractivity contribution in [3.63, 3.8) is 0 Å². The Balaban J connectivity index is 1.89. The second-order valence-corrected chi connectivity index (χ2v) is 12.9. The van der Waals surface area contributed by atoms with Crippen molar-refractivity contribution in [1.29, 1.82) is 0 Å². The fourth-order valence-electron chi connectivity index (χ4n) is 5.53. The van der Waals surface area contributed by atoms with E-state index in [1.54, 1.807) is 11.8 Å². The predicted molar refractivity (Wildman–Crippen MR) is 164 cm³/mol. The molecule has 232 valence electrons. The molecule has 2 unspecified atom stereocenters. The third kappa shape index (κ3) is 25.3. The topological polar surface area (TPSA) is 69.4 Å². The first kappa shape index (κ1) is 36.9. The summed E-state index contributed by atoms with van der Waals surface area (Å²) in [5.41, 5.74) is 0. The van der Waals surface area contributed by atoms with Gasteiger partial charge in [-0.2, -0.15) is 0 Å². The van der Waals surface area contributed by atoms with Crippen molar-refractivity contribution in [2.24, 2.45) is 5.92 Å². The number of Topliss-reactive ketones (excluding diaryl/α,β-unsaturated/α-hetero) is 1. The van der Waals surface area contributed by atoms with E-state index in [0.29, 0.717) is 26.2 Å². The first-order chi connectivity index (χ1) is 19.1. The van der Waals surface area contributed by atoms with E-state index in [9.17, 15) is 9.69 Å². The minimum Gasteiger partial charge on any atom is -0.381 e. The van der Waals surface area contributed by atoms with Gasteiger partial charge < -0.3 is 28.4 Å². The van der Waals surface area contributed by atoms with E-state index in [4.69, 9.17) is 13.8 Å². The third-order valence-electron chi connectivity index (χ3n) is 7.93. The lowest BCUT2D eigenvalue weighted by atomic mass is 10.0. The maximum atomic E-state index is 11.6. The molecule has 1 saturated heterocycles. The fourth-order valence-corrected chi connectivity index (χ4v) is 6.22. The Hall–Kier alpha value is -0.100. The number of quaternary nitrogens is 1. The van der Waals surface area contributed by atoms with Crippen LogP contribution in [0.15, 0.2) is 0 Å². The Morgan fingerprint density at radius 2 is 1.23 bits per heavy atom. The Kier molecular flexibility index (Phi) is 26.5. The van der Waals surface area contributed by atoms with E-state index in [1.165, 1.54) is 129 Å². The van der Waals surface area contributed by atoms with E-state index in [2.05, 4.69) is 6.92 Å². The highest BCUT2D eigenvalue weighted by atomic mass is 31.2. The molecule has 1 rings (SSSR count). The second-order valence-electron chi connectivity index (χ2n) is 11.9. The van der Waals surface area contributed by atoms with E-state index in [1.807, 2.05) is 0 Å². The van der Waals surface area contributed by atoms with Gasteiger partial charge in [0.05, 0.1) is 39.5 Å². The summed E-state index contributed by atoms with van der Waals surface area (Å²) in [7, 11) is -1.88. The molecule has 2 atom stereocenters. The summed E-state index contributed by atoms with van der Waals surface area (Å²) < 4.78 is 16.9. The van der Waals surface area contributed by atoms with Gasteiger partial charge in [-0.05, 0) is 26.2 Å². The van der Waals surface area contributed by atoms with Crippen LogP contribution < -0.4 is 4.90 Å². The predicted octanol–water partition coefficient (Wildman–Crippen LogP) is 7.57. The van der Waals surface area contributed by atoms with Crippen LogP contribution in [0.2, 0.25) is 0 Å². The molecule has 0 bridgehead atoms. The molecule has 0 aromatic heterocycles. The lowest BCUT2D eigenvalue weighted by molar-refractivity contribution is -0.887. The summed E-state index contributed by atoms with van der Waals surface area (Å²) in [5, 5.41) is 0. The SMILES string of the molecule is CCCCCCCCCCCCCCCCCCOCC(COP(O)OCCCC[NH+]1CCCC1)CC(C)=O. The minimum absolute atomic E-state index is 0.0249. The normalized spacial score (nSPS) is 15.7. The molecule has 7 heteroatoms. The summed E-state index contributed by atoms with van der Waals surface area (Å²) >= 11 is 0. The fraction of sp³-hybridized carbons (Fsp3) is 0.969. The number of carbonyl (C=O) groups excluding carboxylic acids is 1. The summed E-state index contributed by atoms with van der Waals surface area (Å²) in [6.45, 7) is 9.75. The van der Waals surface area contributed by atoms with Crippen molar-refractivity contribution in [1.82, 2.24) is 0 Å². The van der Waals surface area contributed by atoms with Gasteiger partial charge in [-0.3, -0.25) is 0 Å². The monoisotopic (exact) mass is 574 g/mol. The van der Waals surface area contributed by atoms with E-state index in [0.717, 1.165) is 25.9 Å². The smallest absolute Gasteiger partial charge is 0.329 e.